The van der Waals surface area contributed by atoms with Gasteiger partial charge in [-0.1, -0.05) is 0 Å². The van der Waals surface area contributed by atoms with Gasteiger partial charge in [0.25, 0.3) is 0 Å². The molecule has 31 heavy (non-hydrogen) atoms. The van der Waals surface area contributed by atoms with E-state index >= 15 is 0 Å². The molecule has 1 fully saturated rings. The van der Waals surface area contributed by atoms with Crippen molar-refractivity contribution in [1.29, 1.82) is 0 Å². The number of aryl methyl sites for hydroxylation is 1. The molecule has 168 valence electrons. The van der Waals surface area contributed by atoms with Crippen molar-refractivity contribution < 1.29 is 22.4 Å². The number of carbonyl (C=O) groups is 1. The lowest BCUT2D eigenvalue weighted by Crippen LogP contribution is -2.33. The highest BCUT2D eigenvalue weighted by molar-refractivity contribution is 5.89. The van der Waals surface area contributed by atoms with Crippen LogP contribution in [0.25, 0.3) is 0 Å². The fourth-order valence-corrected chi connectivity index (χ4v) is 3.29. The van der Waals surface area contributed by atoms with Crippen LogP contribution in [0.5, 0.6) is 0 Å². The molecule has 2 amide bonds. The van der Waals surface area contributed by atoms with Crippen LogP contribution in [0.15, 0.2) is 24.3 Å². The van der Waals surface area contributed by atoms with Crippen LogP contribution in [0.3, 0.4) is 0 Å². The summed E-state index contributed by atoms with van der Waals surface area (Å²) in [5, 5.41) is 7.80. The summed E-state index contributed by atoms with van der Waals surface area (Å²) in [5.74, 6) is 1.01. The number of halogens is 4. The normalized spacial score (nSPS) is 14.3. The minimum atomic E-state index is -4.71. The van der Waals surface area contributed by atoms with Crippen molar-refractivity contribution >= 4 is 23.4 Å². The smallest absolute Gasteiger partial charge is 0.368 e. The maximum absolute atomic E-state index is 13.4. The SMILES string of the molecule is Cc1nc(NCCNC(=O)Nc2cc(F)cc(C(F)(F)F)c2)cc(N2CCCCC2)n1. The fraction of sp³-hybridized carbons (Fsp3) is 0.450. The number of anilines is 3. The lowest BCUT2D eigenvalue weighted by Gasteiger charge is -2.28. The van der Waals surface area contributed by atoms with Gasteiger partial charge in [-0.2, -0.15) is 13.2 Å². The van der Waals surface area contributed by atoms with Gasteiger partial charge in [0.2, 0.25) is 0 Å². The molecule has 3 rings (SSSR count). The number of piperidine rings is 1. The van der Waals surface area contributed by atoms with Gasteiger partial charge in [0.15, 0.2) is 0 Å². The third-order valence-corrected chi connectivity index (χ3v) is 4.70. The topological polar surface area (TPSA) is 82.2 Å². The molecule has 7 nitrogen and oxygen atoms in total. The predicted molar refractivity (Wildman–Crippen MR) is 110 cm³/mol. The van der Waals surface area contributed by atoms with Crippen LogP contribution in [0.1, 0.15) is 30.7 Å². The number of hydrogen-bond donors (Lipinski definition) is 3. The summed E-state index contributed by atoms with van der Waals surface area (Å²) >= 11 is 0. The first-order valence-electron chi connectivity index (χ1n) is 9.98. The van der Waals surface area contributed by atoms with Crippen molar-refractivity contribution in [3.05, 3.63) is 41.5 Å². The monoisotopic (exact) mass is 440 g/mol. The summed E-state index contributed by atoms with van der Waals surface area (Å²) in [4.78, 5) is 22.9. The van der Waals surface area contributed by atoms with Crippen molar-refractivity contribution in [2.45, 2.75) is 32.4 Å². The third-order valence-electron chi connectivity index (χ3n) is 4.70. The Bertz CT molecular complexity index is 915. The number of nitrogens with one attached hydrogen (secondary N) is 3. The molecule has 1 aromatic carbocycles. The second-order valence-corrected chi connectivity index (χ2v) is 7.24. The number of nitrogens with zero attached hydrogens (tertiary/aromatic N) is 3. The molecule has 3 N–H and O–H groups in total. The molecule has 0 aliphatic carbocycles. The number of hydrogen-bond acceptors (Lipinski definition) is 5. The summed E-state index contributed by atoms with van der Waals surface area (Å²) in [6, 6.07) is 2.97. The maximum atomic E-state index is 13.4. The molecule has 1 saturated heterocycles. The Morgan fingerprint density at radius 2 is 1.81 bits per heavy atom. The summed E-state index contributed by atoms with van der Waals surface area (Å²) in [5.41, 5.74) is -1.46. The zero-order chi connectivity index (χ0) is 22.4. The van der Waals surface area contributed by atoms with Gasteiger partial charge < -0.3 is 20.9 Å². The Balaban J connectivity index is 1.49. The minimum absolute atomic E-state index is 0.176. The second-order valence-electron chi connectivity index (χ2n) is 7.24. The molecule has 11 heteroatoms. The van der Waals surface area contributed by atoms with Gasteiger partial charge in [-0.3, -0.25) is 0 Å². The minimum Gasteiger partial charge on any atom is -0.368 e. The molecule has 1 aromatic heterocycles. The number of amides is 2. The highest BCUT2D eigenvalue weighted by atomic mass is 19.4. The van der Waals surface area contributed by atoms with E-state index in [1.165, 1.54) is 6.42 Å². The standard InChI is InChI=1S/C20H24F4N6O/c1-13-27-17(12-18(28-13)30-7-3-2-4-8-30)25-5-6-26-19(31)29-16-10-14(20(22,23)24)9-15(21)11-16/h9-12H,2-8H2,1H3,(H,25,27,28)(H2,26,29,31). The van der Waals surface area contributed by atoms with Crippen molar-refractivity contribution in [2.24, 2.45) is 0 Å². The first-order chi connectivity index (χ1) is 14.7. The van der Waals surface area contributed by atoms with Crippen LogP contribution in [-0.2, 0) is 6.18 Å². The lowest BCUT2D eigenvalue weighted by atomic mass is 10.1. The highest BCUT2D eigenvalue weighted by Crippen LogP contribution is 2.31. The van der Waals surface area contributed by atoms with E-state index in [0.717, 1.165) is 37.8 Å². The van der Waals surface area contributed by atoms with Crippen LogP contribution in [0.4, 0.5) is 39.7 Å². The summed E-state index contributed by atoms with van der Waals surface area (Å²) in [7, 11) is 0. The zero-order valence-electron chi connectivity index (χ0n) is 17.0. The Labute approximate surface area is 177 Å². The van der Waals surface area contributed by atoms with E-state index in [1.807, 2.05) is 6.07 Å². The van der Waals surface area contributed by atoms with Gasteiger partial charge >= 0.3 is 12.2 Å². The van der Waals surface area contributed by atoms with Crippen molar-refractivity contribution in [2.75, 3.05) is 41.7 Å². The van der Waals surface area contributed by atoms with E-state index < -0.39 is 23.6 Å². The van der Waals surface area contributed by atoms with Crippen LogP contribution >= 0.6 is 0 Å². The zero-order valence-corrected chi connectivity index (χ0v) is 17.0. The molecule has 1 aliphatic rings. The van der Waals surface area contributed by atoms with E-state index in [1.54, 1.807) is 6.92 Å². The van der Waals surface area contributed by atoms with Gasteiger partial charge in [0.1, 0.15) is 23.3 Å². The molecule has 0 spiro atoms. The van der Waals surface area contributed by atoms with Gasteiger partial charge in [-0.25, -0.2) is 19.2 Å². The highest BCUT2D eigenvalue weighted by Gasteiger charge is 2.31. The number of rotatable bonds is 6. The van der Waals surface area contributed by atoms with E-state index in [0.29, 0.717) is 30.3 Å². The molecule has 1 aliphatic heterocycles. The van der Waals surface area contributed by atoms with Crippen molar-refractivity contribution in [1.82, 2.24) is 15.3 Å². The average molecular weight is 440 g/mol. The Hall–Kier alpha value is -3.11. The number of benzene rings is 1. The molecule has 0 radical (unpaired) electrons. The Kier molecular flexibility index (Phi) is 7.13. The second kappa shape index (κ2) is 9.80. The van der Waals surface area contributed by atoms with Gasteiger partial charge in [-0.05, 0) is 44.4 Å². The molecular weight excluding hydrogens is 416 g/mol. The fourth-order valence-electron chi connectivity index (χ4n) is 3.29. The summed E-state index contributed by atoms with van der Waals surface area (Å²) in [6.07, 6.45) is -1.24. The average Bonchev–Trinajstić information content (AvgIpc) is 2.70. The number of aromatic nitrogens is 2. The third kappa shape index (κ3) is 6.69. The van der Waals surface area contributed by atoms with Crippen LogP contribution < -0.4 is 20.9 Å². The largest absolute Gasteiger partial charge is 0.416 e. The van der Waals surface area contributed by atoms with Crippen LogP contribution in [-0.4, -0.2) is 42.2 Å². The molecule has 0 bridgehead atoms. The van der Waals surface area contributed by atoms with Gasteiger partial charge in [-0.15, -0.1) is 0 Å². The molecule has 2 aromatic rings. The van der Waals surface area contributed by atoms with E-state index in [-0.39, 0.29) is 12.2 Å². The number of carbonyl (C=O) groups excluding carboxylic acids is 1. The van der Waals surface area contributed by atoms with E-state index in [4.69, 9.17) is 0 Å². The van der Waals surface area contributed by atoms with Gasteiger partial charge in [0.05, 0.1) is 5.56 Å². The summed E-state index contributed by atoms with van der Waals surface area (Å²) < 4.78 is 51.7. The molecule has 2 heterocycles. The number of urea groups is 1. The van der Waals surface area contributed by atoms with Crippen LogP contribution in [0, 0.1) is 12.7 Å². The maximum Gasteiger partial charge on any atom is 0.416 e. The van der Waals surface area contributed by atoms with E-state index in [9.17, 15) is 22.4 Å². The Morgan fingerprint density at radius 1 is 1.06 bits per heavy atom. The molecular formula is C20H24F4N6O. The van der Waals surface area contributed by atoms with Crippen molar-refractivity contribution in [3.63, 3.8) is 0 Å². The van der Waals surface area contributed by atoms with Gasteiger partial charge in [0, 0.05) is 37.9 Å². The molecule has 0 saturated carbocycles. The first-order valence-corrected chi connectivity index (χ1v) is 9.98. The quantitative estimate of drug-likeness (QED) is 0.464. The van der Waals surface area contributed by atoms with Crippen LogP contribution in [0.2, 0.25) is 0 Å². The van der Waals surface area contributed by atoms with Crippen molar-refractivity contribution in [3.8, 4) is 0 Å². The predicted octanol–water partition coefficient (Wildman–Crippen LogP) is 4.17. The lowest BCUT2D eigenvalue weighted by molar-refractivity contribution is -0.137. The molecule has 0 unspecified atom stereocenters. The Morgan fingerprint density at radius 3 is 2.52 bits per heavy atom. The first kappa shape index (κ1) is 22.6. The summed E-state index contributed by atoms with van der Waals surface area (Å²) in [6.45, 7) is 4.22. The molecule has 0 atom stereocenters. The van der Waals surface area contributed by atoms with E-state index in [2.05, 4.69) is 30.8 Å². The number of alkyl halides is 3.